The normalized spacial score (nSPS) is 14.0. The molecule has 0 aliphatic heterocycles. The molecule has 0 radical (unpaired) electrons. The van der Waals surface area contributed by atoms with E-state index < -0.39 is 20.0 Å². The predicted molar refractivity (Wildman–Crippen MR) is 302 cm³/mol. The lowest BCUT2D eigenvalue weighted by Gasteiger charge is -2.29. The van der Waals surface area contributed by atoms with E-state index in [4.69, 9.17) is 9.05 Å². The van der Waals surface area contributed by atoms with Gasteiger partial charge in [-0.05, 0) is 44.9 Å². The highest BCUT2D eigenvalue weighted by atomic mass is 31.2. The Hall–Kier alpha value is -1.02. The number of amides is 1. The molecule has 2 N–H and O–H groups in total. The molecule has 0 spiro atoms. The Balaban J connectivity index is 4.13. The Morgan fingerprint density at radius 2 is 0.786 bits per heavy atom. The number of carbonyl (C=O) groups is 1. The second kappa shape index (κ2) is 52.8. The second-order valence-corrected chi connectivity index (χ2v) is 23.8. The maximum atomic E-state index is 13.0. The fourth-order valence-electron chi connectivity index (χ4n) is 9.33. The van der Waals surface area contributed by atoms with E-state index in [1.165, 1.54) is 250 Å². The fraction of sp³-hybridized carbons (Fsp3) is 0.918. The molecule has 0 aromatic heterocycles. The molecule has 8 nitrogen and oxygen atoms in total. The molecule has 0 aromatic carbocycles. The van der Waals surface area contributed by atoms with Gasteiger partial charge in [0.25, 0.3) is 7.82 Å². The number of quaternary nitrogens is 1. The van der Waals surface area contributed by atoms with Gasteiger partial charge in [-0.2, -0.15) is 0 Å². The summed E-state index contributed by atoms with van der Waals surface area (Å²) in [6.45, 7) is 4.70. The summed E-state index contributed by atoms with van der Waals surface area (Å²) < 4.78 is 23.4. The Bertz CT molecular complexity index is 1190. The fourth-order valence-corrected chi connectivity index (χ4v) is 10.1. The van der Waals surface area contributed by atoms with Crippen molar-refractivity contribution in [3.63, 3.8) is 0 Å². The lowest BCUT2D eigenvalue weighted by Crippen LogP contribution is -2.45. The summed E-state index contributed by atoms with van der Waals surface area (Å²) in [7, 11) is 1.28. The maximum Gasteiger partial charge on any atom is 0.268 e. The zero-order chi connectivity index (χ0) is 51.3. The van der Waals surface area contributed by atoms with Crippen LogP contribution in [0, 0.1) is 0 Å². The molecule has 70 heavy (non-hydrogen) atoms. The quantitative estimate of drug-likeness (QED) is 0.0272. The number of rotatable bonds is 57. The van der Waals surface area contributed by atoms with E-state index in [0.717, 1.165) is 38.5 Å². The molecule has 416 valence electrons. The molecule has 0 bridgehead atoms. The monoisotopic (exact) mass is 1010 g/mol. The summed E-state index contributed by atoms with van der Waals surface area (Å²) >= 11 is 0. The summed E-state index contributed by atoms with van der Waals surface area (Å²) in [5, 5.41) is 13.9. The standard InChI is InChI=1S/C61H121N2O6P/c1-6-8-10-12-14-16-18-20-22-24-26-28-29-30-31-32-33-35-37-39-41-43-45-47-49-51-53-55-61(65)62-59(58-69-70(66,67)68-57-56-63(3,4)5)60(64)54-52-50-48-46-44-42-40-38-36-34-27-25-23-21-19-17-15-13-11-9-7-2/h24,26,52,54,59-60,64H,6-23,25,27-51,53,55-58H2,1-5H3,(H-,62,65,66,67)/b26-24-,54-52+. The molecular weight excluding hydrogens is 888 g/mol. The van der Waals surface area contributed by atoms with Gasteiger partial charge in [0, 0.05) is 6.42 Å². The van der Waals surface area contributed by atoms with Gasteiger partial charge in [-0.25, -0.2) is 0 Å². The predicted octanol–water partition coefficient (Wildman–Crippen LogP) is 18.1. The Morgan fingerprint density at radius 1 is 0.486 bits per heavy atom. The van der Waals surface area contributed by atoms with Crippen molar-refractivity contribution in [1.29, 1.82) is 0 Å². The summed E-state index contributed by atoms with van der Waals surface area (Å²) in [6, 6.07) is -0.885. The average Bonchev–Trinajstić information content (AvgIpc) is 3.32. The van der Waals surface area contributed by atoms with Gasteiger partial charge in [-0.3, -0.25) is 9.36 Å². The number of nitrogens with zero attached hydrogens (tertiary/aromatic N) is 1. The molecule has 3 atom stereocenters. The van der Waals surface area contributed by atoms with E-state index in [2.05, 4.69) is 31.3 Å². The van der Waals surface area contributed by atoms with Gasteiger partial charge in [0.1, 0.15) is 13.2 Å². The first-order valence-electron chi connectivity index (χ1n) is 30.7. The van der Waals surface area contributed by atoms with Crippen LogP contribution < -0.4 is 10.2 Å². The Labute approximate surface area is 436 Å². The first-order chi connectivity index (χ1) is 34.0. The van der Waals surface area contributed by atoms with Crippen LogP contribution in [0.5, 0.6) is 0 Å². The van der Waals surface area contributed by atoms with Gasteiger partial charge < -0.3 is 28.8 Å². The zero-order valence-corrected chi connectivity index (χ0v) is 48.4. The minimum absolute atomic E-state index is 0.00138. The number of hydrogen-bond donors (Lipinski definition) is 2. The first-order valence-corrected chi connectivity index (χ1v) is 32.2. The molecule has 0 aliphatic rings. The van der Waals surface area contributed by atoms with Gasteiger partial charge in [0.05, 0.1) is 39.9 Å². The van der Waals surface area contributed by atoms with E-state index in [1.807, 2.05) is 27.2 Å². The highest BCUT2D eigenvalue weighted by Crippen LogP contribution is 2.38. The minimum Gasteiger partial charge on any atom is -0.756 e. The van der Waals surface area contributed by atoms with Crippen LogP contribution in [0.25, 0.3) is 0 Å². The number of carbonyl (C=O) groups excluding carboxylic acids is 1. The van der Waals surface area contributed by atoms with Crippen LogP contribution in [0.2, 0.25) is 0 Å². The van der Waals surface area contributed by atoms with E-state index in [-0.39, 0.29) is 19.1 Å². The Morgan fingerprint density at radius 3 is 1.11 bits per heavy atom. The van der Waals surface area contributed by atoms with Crippen LogP contribution in [0.3, 0.4) is 0 Å². The lowest BCUT2D eigenvalue weighted by atomic mass is 10.0. The molecule has 0 rings (SSSR count). The number of unbranched alkanes of at least 4 members (excludes halogenated alkanes) is 42. The summed E-state index contributed by atoms with van der Waals surface area (Å²) in [5.41, 5.74) is 0. The maximum absolute atomic E-state index is 13.0. The van der Waals surface area contributed by atoms with Crippen molar-refractivity contribution in [2.24, 2.45) is 0 Å². The summed E-state index contributed by atoms with van der Waals surface area (Å²) in [5.74, 6) is -0.191. The molecule has 0 saturated carbocycles. The summed E-state index contributed by atoms with van der Waals surface area (Å²) in [6.07, 6.45) is 66.9. The van der Waals surface area contributed by atoms with Crippen molar-refractivity contribution in [3.05, 3.63) is 24.3 Å². The molecule has 0 aromatic rings. The molecule has 9 heteroatoms. The number of phosphoric acid groups is 1. The SMILES string of the molecule is CCCCCCCCCC/C=C\CCCCCCCCCCCCCCCCCC(=O)NC(COP(=O)([O-])OCC[N+](C)(C)C)C(O)/C=C/CCCCCCCCCCCCCCCCCCCCC. The van der Waals surface area contributed by atoms with Crippen molar-refractivity contribution in [1.82, 2.24) is 5.32 Å². The molecular formula is C61H121N2O6P. The number of nitrogens with one attached hydrogen (secondary N) is 1. The minimum atomic E-state index is -4.60. The van der Waals surface area contributed by atoms with Crippen LogP contribution in [0.4, 0.5) is 0 Å². The van der Waals surface area contributed by atoms with E-state index in [9.17, 15) is 19.4 Å². The first kappa shape index (κ1) is 69.0. The van der Waals surface area contributed by atoms with E-state index >= 15 is 0 Å². The van der Waals surface area contributed by atoms with E-state index in [1.54, 1.807) is 6.08 Å². The van der Waals surface area contributed by atoms with Crippen LogP contribution in [0.15, 0.2) is 24.3 Å². The molecule has 0 fully saturated rings. The van der Waals surface area contributed by atoms with Crippen molar-refractivity contribution < 1.29 is 32.9 Å². The molecule has 0 saturated heterocycles. The van der Waals surface area contributed by atoms with Crippen LogP contribution >= 0.6 is 7.82 Å². The molecule has 0 heterocycles. The van der Waals surface area contributed by atoms with Crippen molar-refractivity contribution in [2.75, 3.05) is 40.9 Å². The highest BCUT2D eigenvalue weighted by molar-refractivity contribution is 7.45. The van der Waals surface area contributed by atoms with Crippen molar-refractivity contribution >= 4 is 13.7 Å². The van der Waals surface area contributed by atoms with Crippen molar-refractivity contribution in [3.8, 4) is 0 Å². The third kappa shape index (κ3) is 54.7. The lowest BCUT2D eigenvalue weighted by molar-refractivity contribution is -0.870. The molecule has 1 amide bonds. The van der Waals surface area contributed by atoms with Gasteiger partial charge in [0.15, 0.2) is 0 Å². The zero-order valence-electron chi connectivity index (χ0n) is 47.5. The third-order valence-corrected chi connectivity index (χ3v) is 15.1. The molecule has 0 aliphatic carbocycles. The number of aliphatic hydroxyl groups excluding tert-OH is 1. The molecule has 3 unspecified atom stereocenters. The van der Waals surface area contributed by atoms with Crippen molar-refractivity contribution in [2.45, 2.75) is 321 Å². The van der Waals surface area contributed by atoms with Gasteiger partial charge >= 0.3 is 0 Å². The van der Waals surface area contributed by atoms with E-state index in [0.29, 0.717) is 17.4 Å². The number of allylic oxidation sites excluding steroid dienone is 3. The van der Waals surface area contributed by atoms with Gasteiger partial charge in [0.2, 0.25) is 5.91 Å². The number of aliphatic hydroxyl groups is 1. The smallest absolute Gasteiger partial charge is 0.268 e. The number of hydrogen-bond acceptors (Lipinski definition) is 6. The third-order valence-electron chi connectivity index (χ3n) is 14.2. The Kier molecular flexibility index (Phi) is 52.1. The average molecular weight is 1010 g/mol. The number of phosphoric ester groups is 1. The van der Waals surface area contributed by atoms with Crippen LogP contribution in [0.1, 0.15) is 309 Å². The number of likely N-dealkylation sites (N-methyl/N-ethyl adjacent to an activating group) is 1. The van der Waals surface area contributed by atoms with Crippen LogP contribution in [-0.2, 0) is 18.4 Å². The van der Waals surface area contributed by atoms with Crippen LogP contribution in [-0.4, -0.2) is 68.5 Å². The van der Waals surface area contributed by atoms with Gasteiger partial charge in [-0.1, -0.05) is 282 Å². The topological polar surface area (TPSA) is 108 Å². The van der Waals surface area contributed by atoms with Gasteiger partial charge in [-0.15, -0.1) is 0 Å². The second-order valence-electron chi connectivity index (χ2n) is 22.4. The highest BCUT2D eigenvalue weighted by Gasteiger charge is 2.23. The largest absolute Gasteiger partial charge is 0.756 e. The summed E-state index contributed by atoms with van der Waals surface area (Å²) in [4.78, 5) is 25.5.